The van der Waals surface area contributed by atoms with E-state index in [1.54, 1.807) is 79.8 Å². The van der Waals surface area contributed by atoms with Crippen molar-refractivity contribution in [3.63, 3.8) is 0 Å². The van der Waals surface area contributed by atoms with Gasteiger partial charge in [0.15, 0.2) is 0 Å². The van der Waals surface area contributed by atoms with Gasteiger partial charge in [0.2, 0.25) is 0 Å². The number of nitrogens with one attached hydrogen (secondary N) is 1. The van der Waals surface area contributed by atoms with Gasteiger partial charge in [0.25, 0.3) is 11.1 Å². The van der Waals surface area contributed by atoms with Crippen molar-refractivity contribution in [2.45, 2.75) is 0 Å². The Morgan fingerprint density at radius 2 is 1.29 bits per heavy atom. The van der Waals surface area contributed by atoms with E-state index in [4.69, 9.17) is 7.85 Å². The zero-order valence-electron chi connectivity index (χ0n) is 18.3. The van der Waals surface area contributed by atoms with Gasteiger partial charge in [-0.05, 0) is 36.4 Å². The van der Waals surface area contributed by atoms with E-state index in [0.717, 1.165) is 4.57 Å². The topological polar surface area (TPSA) is 78.0 Å². The molecule has 5 aromatic rings. The molecule has 2 radical (unpaired) electrons. The monoisotopic (exact) mass is 446 g/mol. The first kappa shape index (κ1) is 21.3. The van der Waals surface area contributed by atoms with Crippen LogP contribution in [0.4, 0.5) is 11.4 Å². The van der Waals surface area contributed by atoms with Crippen molar-refractivity contribution in [1.29, 1.82) is 0 Å². The van der Waals surface area contributed by atoms with Crippen LogP contribution in [-0.2, 0) is 7.05 Å². The molecule has 0 unspecified atom stereocenters. The Kier molecular flexibility index (Phi) is 5.26. The third-order valence-electron chi connectivity index (χ3n) is 5.64. The van der Waals surface area contributed by atoms with Gasteiger partial charge in [0.1, 0.15) is 18.9 Å². The number of nitrogens with zero attached hydrogens (tertiary/aromatic N) is 3. The maximum atomic E-state index is 13.8. The highest BCUT2D eigenvalue weighted by molar-refractivity contribution is 6.32. The van der Waals surface area contributed by atoms with Crippen LogP contribution in [0.15, 0.2) is 105 Å². The van der Waals surface area contributed by atoms with Gasteiger partial charge in [-0.25, -0.2) is 13.9 Å². The Bertz CT molecular complexity index is 1690. The molecule has 2 aromatic heterocycles. The van der Waals surface area contributed by atoms with Crippen LogP contribution >= 0.6 is 0 Å². The van der Waals surface area contributed by atoms with E-state index in [9.17, 15) is 14.4 Å². The molecule has 0 aliphatic carbocycles. The minimum atomic E-state index is -0.575. The zero-order valence-corrected chi connectivity index (χ0v) is 18.3. The number of hydrogen-bond acceptors (Lipinski definition) is 4. The average Bonchev–Trinajstić information content (AvgIpc) is 2.85. The number of aromatic nitrogens is 3. The minimum Gasteiger partial charge on any atom is -0.355 e. The molecule has 0 aliphatic heterocycles. The maximum absolute atomic E-state index is 13.8. The van der Waals surface area contributed by atoms with Crippen LogP contribution in [0.5, 0.6) is 0 Å². The lowest BCUT2D eigenvalue weighted by molar-refractivity contribution is 0.784. The molecule has 2 heterocycles. The summed E-state index contributed by atoms with van der Waals surface area (Å²) < 4.78 is 3.82. The van der Waals surface area contributed by atoms with E-state index >= 15 is 0 Å². The number of pyridine rings is 1. The smallest absolute Gasteiger partial charge is 0.341 e. The second kappa shape index (κ2) is 8.40. The van der Waals surface area contributed by atoms with Crippen molar-refractivity contribution in [2.24, 2.45) is 7.05 Å². The molecule has 0 amide bonds. The van der Waals surface area contributed by atoms with Crippen LogP contribution in [0, 0.1) is 0 Å². The zero-order chi connectivity index (χ0) is 23.8. The molecule has 5 rings (SSSR count). The van der Waals surface area contributed by atoms with Crippen molar-refractivity contribution in [3.8, 4) is 11.4 Å². The number of fused-ring (bicyclic) bond motifs is 1. The van der Waals surface area contributed by atoms with Crippen LogP contribution in [-0.4, -0.2) is 21.5 Å². The van der Waals surface area contributed by atoms with E-state index in [0.29, 0.717) is 28.2 Å². The van der Waals surface area contributed by atoms with Gasteiger partial charge in [0.05, 0.1) is 17.1 Å². The first-order valence-corrected chi connectivity index (χ1v) is 10.6. The summed E-state index contributed by atoms with van der Waals surface area (Å²) >= 11 is 0. The lowest BCUT2D eigenvalue weighted by atomic mass is 9.96. The highest BCUT2D eigenvalue weighted by Gasteiger charge is 2.21. The summed E-state index contributed by atoms with van der Waals surface area (Å²) in [5, 5.41) is 3.36. The third kappa shape index (κ3) is 3.55. The van der Waals surface area contributed by atoms with Gasteiger partial charge in [-0.15, -0.1) is 0 Å². The fraction of sp³-hybridized carbons (Fsp3) is 0.0385. The first-order valence-electron chi connectivity index (χ1n) is 10.6. The Morgan fingerprint density at radius 1 is 0.735 bits per heavy atom. The van der Waals surface area contributed by atoms with E-state index in [-0.39, 0.29) is 16.6 Å². The predicted octanol–water partition coefficient (Wildman–Crippen LogP) is 2.38. The van der Waals surface area contributed by atoms with Crippen LogP contribution in [0.3, 0.4) is 0 Å². The molecule has 0 saturated heterocycles. The highest BCUT2D eigenvalue weighted by Crippen LogP contribution is 2.23. The quantitative estimate of drug-likeness (QED) is 0.430. The third-order valence-corrected chi connectivity index (χ3v) is 5.64. The standard InChI is InChI=1S/C26H19BN4O3/c1-29-22(32)16-21(28-18-14-12-17(27)13-15-18)23-24(29)30(19-8-4-2-5-9-19)26(34)31(25(23)33)20-10-6-3-7-11-20/h2-16,28H,1H3. The Morgan fingerprint density at radius 3 is 1.88 bits per heavy atom. The van der Waals surface area contributed by atoms with Crippen molar-refractivity contribution in [3.05, 3.63) is 122 Å². The highest BCUT2D eigenvalue weighted by atomic mass is 16.2. The Balaban J connectivity index is 1.95. The van der Waals surface area contributed by atoms with Crippen LogP contribution in [0.2, 0.25) is 0 Å². The maximum Gasteiger partial charge on any atom is 0.341 e. The van der Waals surface area contributed by atoms with Crippen molar-refractivity contribution >= 4 is 35.7 Å². The molecular weight excluding hydrogens is 427 g/mol. The van der Waals surface area contributed by atoms with Gasteiger partial charge in [-0.3, -0.25) is 14.2 Å². The molecule has 7 nitrogen and oxygen atoms in total. The summed E-state index contributed by atoms with van der Waals surface area (Å²) in [6, 6.07) is 25.9. The summed E-state index contributed by atoms with van der Waals surface area (Å²) in [7, 11) is 7.34. The predicted molar refractivity (Wildman–Crippen MR) is 135 cm³/mol. The molecule has 34 heavy (non-hydrogen) atoms. The molecule has 0 bridgehead atoms. The number of para-hydroxylation sites is 2. The molecule has 0 fully saturated rings. The number of aryl methyl sites for hydroxylation is 1. The Hall–Kier alpha value is -4.59. The fourth-order valence-corrected chi connectivity index (χ4v) is 3.98. The van der Waals surface area contributed by atoms with Crippen LogP contribution in [0.1, 0.15) is 0 Å². The summed E-state index contributed by atoms with van der Waals surface area (Å²) in [5.41, 5.74) is 1.20. The molecule has 0 saturated carbocycles. The van der Waals surface area contributed by atoms with Gasteiger partial charge >= 0.3 is 5.69 Å². The van der Waals surface area contributed by atoms with Crippen molar-refractivity contribution in [2.75, 3.05) is 5.32 Å². The fourth-order valence-electron chi connectivity index (χ4n) is 3.98. The largest absolute Gasteiger partial charge is 0.355 e. The average molecular weight is 446 g/mol. The second-order valence-electron chi connectivity index (χ2n) is 7.83. The molecule has 8 heteroatoms. The summed E-state index contributed by atoms with van der Waals surface area (Å²) in [6.07, 6.45) is 0. The van der Waals surface area contributed by atoms with E-state index in [2.05, 4.69) is 5.32 Å². The van der Waals surface area contributed by atoms with E-state index in [1.165, 1.54) is 15.2 Å². The van der Waals surface area contributed by atoms with Crippen molar-refractivity contribution in [1.82, 2.24) is 13.7 Å². The number of hydrogen-bond donors (Lipinski definition) is 1. The summed E-state index contributed by atoms with van der Waals surface area (Å²) in [5.74, 6) is 0. The molecule has 164 valence electrons. The van der Waals surface area contributed by atoms with Gasteiger partial charge in [0, 0.05) is 18.8 Å². The van der Waals surface area contributed by atoms with Crippen LogP contribution in [0.25, 0.3) is 22.4 Å². The number of anilines is 2. The van der Waals surface area contributed by atoms with Crippen LogP contribution < -0.4 is 27.6 Å². The lowest BCUT2D eigenvalue weighted by Gasteiger charge is -2.19. The molecule has 0 aliphatic rings. The SMILES string of the molecule is [B]c1ccc(Nc2cc(=O)n(C)c3c2c(=O)n(-c2ccccc2)c(=O)n3-c2ccccc2)cc1. The second-order valence-corrected chi connectivity index (χ2v) is 7.83. The van der Waals surface area contributed by atoms with Gasteiger partial charge < -0.3 is 5.32 Å². The normalized spacial score (nSPS) is 11.0. The first-order chi connectivity index (χ1) is 16.5. The molecular formula is C26H19BN4O3. The molecule has 0 atom stereocenters. The molecule has 1 N–H and O–H groups in total. The lowest BCUT2D eigenvalue weighted by Crippen LogP contribution is -2.40. The van der Waals surface area contributed by atoms with Crippen molar-refractivity contribution < 1.29 is 0 Å². The van der Waals surface area contributed by atoms with E-state index < -0.39 is 11.2 Å². The summed E-state index contributed by atoms with van der Waals surface area (Å²) in [4.78, 5) is 40.5. The molecule has 0 spiro atoms. The van der Waals surface area contributed by atoms with E-state index in [1.807, 2.05) is 12.1 Å². The minimum absolute atomic E-state index is 0.193. The van der Waals surface area contributed by atoms with Gasteiger partial charge in [-0.2, -0.15) is 0 Å². The Labute approximate surface area is 195 Å². The number of rotatable bonds is 4. The summed E-state index contributed by atoms with van der Waals surface area (Å²) in [6.45, 7) is 0. The number of benzene rings is 3. The molecule has 3 aromatic carbocycles. The van der Waals surface area contributed by atoms with Gasteiger partial charge in [-0.1, -0.05) is 54.0 Å².